The highest BCUT2D eigenvalue weighted by molar-refractivity contribution is 6.12. The Labute approximate surface area is 355 Å². The van der Waals surface area contributed by atoms with E-state index < -0.39 is 5.92 Å². The van der Waals surface area contributed by atoms with Gasteiger partial charge in [0.15, 0.2) is 17.3 Å². The second-order valence-corrected chi connectivity index (χ2v) is 17.9. The van der Waals surface area contributed by atoms with E-state index in [0.29, 0.717) is 108 Å². The molecule has 0 radical (unpaired) electrons. The minimum atomic E-state index is -0.488. The lowest BCUT2D eigenvalue weighted by molar-refractivity contribution is -0.129. The van der Waals surface area contributed by atoms with Crippen molar-refractivity contribution in [3.63, 3.8) is 0 Å². The molecule has 2 aliphatic carbocycles. The van der Waals surface area contributed by atoms with E-state index in [4.69, 9.17) is 23.7 Å². The molecule has 1 aromatic rings. The molecule has 10 heteroatoms. The molecule has 0 bridgehead atoms. The molecule has 5 unspecified atom stereocenters. The number of Topliss-reactive ketones (excluding diaryl/α,β-unsaturated/α-hetero) is 5. The number of rotatable bonds is 35. The van der Waals surface area contributed by atoms with E-state index in [1.807, 2.05) is 30.3 Å². The maximum Gasteiger partial charge on any atom is 0.173 e. The van der Waals surface area contributed by atoms with Crippen molar-refractivity contribution in [3.8, 4) is 0 Å². The Bertz CT molecular complexity index is 1410. The van der Waals surface area contributed by atoms with Gasteiger partial charge in [-0.3, -0.25) is 24.0 Å². The number of carbonyl (C=O) groups is 5. The molecule has 0 N–H and O–H groups in total. The number of methoxy groups -OCH3 is 1. The molecule has 0 saturated heterocycles. The van der Waals surface area contributed by atoms with Crippen molar-refractivity contribution >= 4 is 28.9 Å². The fourth-order valence-electron chi connectivity index (χ4n) is 8.74. The summed E-state index contributed by atoms with van der Waals surface area (Å²) in [4.78, 5) is 63.3. The van der Waals surface area contributed by atoms with Gasteiger partial charge >= 0.3 is 0 Å². The van der Waals surface area contributed by atoms with Crippen LogP contribution < -0.4 is 0 Å². The van der Waals surface area contributed by atoms with Gasteiger partial charge in [0.05, 0.1) is 32.3 Å². The fourth-order valence-corrected chi connectivity index (χ4v) is 8.74. The first kappa shape index (κ1) is 50.5. The van der Waals surface area contributed by atoms with Gasteiger partial charge < -0.3 is 23.7 Å². The highest BCUT2D eigenvalue weighted by atomic mass is 16.5. The summed E-state index contributed by atoms with van der Waals surface area (Å²) >= 11 is 0. The molecule has 2 aliphatic rings. The second-order valence-electron chi connectivity index (χ2n) is 17.9. The molecule has 0 amide bonds. The molecule has 5 atom stereocenters. The number of benzene rings is 1. The van der Waals surface area contributed by atoms with Gasteiger partial charge in [0, 0.05) is 64.6 Å². The highest BCUT2D eigenvalue weighted by Crippen LogP contribution is 2.51. The lowest BCUT2D eigenvalue weighted by atomic mass is 9.82. The topological polar surface area (TPSA) is 132 Å². The standard InChI is InChI=1S/C49H76O10/c1-6-7-8-15-37(34-55-5)32-43(52)36-59-35-42(51)19-12-14-27-57-29-31-58-30-28-56-26-13-11-18-41(50)17-10-9-16-38-22-25-44-45(38)33-46(53)47(44)48(54)39-20-23-40(24-21-39)49(2,3)4/h6,20-21,23-24,37-38,44-45,47H,1,7-19,22,25-36H2,2-5H3. The van der Waals surface area contributed by atoms with Gasteiger partial charge in [0.25, 0.3) is 0 Å². The van der Waals surface area contributed by atoms with Crippen LogP contribution in [0.15, 0.2) is 36.9 Å². The number of carbonyl (C=O) groups excluding carboxylic acids is 5. The molecule has 0 heterocycles. The Morgan fingerprint density at radius 1 is 0.729 bits per heavy atom. The summed E-state index contributed by atoms with van der Waals surface area (Å²) in [6, 6.07) is 7.84. The van der Waals surface area contributed by atoms with Crippen molar-refractivity contribution in [2.45, 2.75) is 135 Å². The maximum atomic E-state index is 13.4. The van der Waals surface area contributed by atoms with E-state index in [-0.39, 0.29) is 53.6 Å². The third kappa shape index (κ3) is 19.6. The van der Waals surface area contributed by atoms with Gasteiger partial charge in [-0.25, -0.2) is 0 Å². The number of hydrogen-bond acceptors (Lipinski definition) is 10. The van der Waals surface area contributed by atoms with Crippen LogP contribution in [-0.2, 0) is 48.3 Å². The summed E-state index contributed by atoms with van der Waals surface area (Å²) in [6.45, 7) is 13.8. The quantitative estimate of drug-likeness (QED) is 0.0283. The molecular formula is C49H76O10. The zero-order valence-corrected chi connectivity index (χ0v) is 36.9. The van der Waals surface area contributed by atoms with Crippen molar-refractivity contribution < 1.29 is 47.7 Å². The average Bonchev–Trinajstić information content (AvgIpc) is 3.74. The van der Waals surface area contributed by atoms with Crippen LogP contribution in [0.5, 0.6) is 0 Å². The van der Waals surface area contributed by atoms with E-state index >= 15 is 0 Å². The van der Waals surface area contributed by atoms with Crippen LogP contribution in [0.3, 0.4) is 0 Å². The summed E-state index contributed by atoms with van der Waals surface area (Å²) < 4.78 is 27.4. The molecular weight excluding hydrogens is 749 g/mol. The largest absolute Gasteiger partial charge is 0.384 e. The van der Waals surface area contributed by atoms with Crippen LogP contribution >= 0.6 is 0 Å². The highest BCUT2D eigenvalue weighted by Gasteiger charge is 2.51. The summed E-state index contributed by atoms with van der Waals surface area (Å²) in [5.74, 6) is 1.04. The van der Waals surface area contributed by atoms with Crippen LogP contribution in [0.4, 0.5) is 0 Å². The molecule has 2 saturated carbocycles. The third-order valence-corrected chi connectivity index (χ3v) is 12.0. The monoisotopic (exact) mass is 825 g/mol. The Balaban J connectivity index is 1.08. The minimum Gasteiger partial charge on any atom is -0.384 e. The van der Waals surface area contributed by atoms with Crippen LogP contribution in [0.1, 0.15) is 146 Å². The summed E-state index contributed by atoms with van der Waals surface area (Å²) in [5, 5.41) is 0. The lowest BCUT2D eigenvalue weighted by Gasteiger charge is -2.21. The molecule has 59 heavy (non-hydrogen) atoms. The smallest absolute Gasteiger partial charge is 0.173 e. The van der Waals surface area contributed by atoms with E-state index in [9.17, 15) is 24.0 Å². The molecule has 0 aliphatic heterocycles. The van der Waals surface area contributed by atoms with Crippen molar-refractivity contribution in [3.05, 3.63) is 48.0 Å². The summed E-state index contributed by atoms with van der Waals surface area (Å²) in [6.07, 6.45) is 15.3. The Morgan fingerprint density at radius 3 is 1.93 bits per heavy atom. The third-order valence-electron chi connectivity index (χ3n) is 12.0. The van der Waals surface area contributed by atoms with Gasteiger partial charge in [-0.2, -0.15) is 0 Å². The molecule has 332 valence electrons. The first-order chi connectivity index (χ1) is 28.4. The van der Waals surface area contributed by atoms with Gasteiger partial charge in [-0.05, 0) is 98.9 Å². The number of ketones is 5. The van der Waals surface area contributed by atoms with Gasteiger partial charge in [-0.15, -0.1) is 6.58 Å². The number of fused-ring (bicyclic) bond motifs is 1. The Kier molecular flexibility index (Phi) is 24.5. The summed E-state index contributed by atoms with van der Waals surface area (Å²) in [7, 11) is 1.64. The van der Waals surface area contributed by atoms with Crippen LogP contribution in [0.25, 0.3) is 0 Å². The maximum absolute atomic E-state index is 13.4. The van der Waals surface area contributed by atoms with Crippen molar-refractivity contribution in [2.24, 2.45) is 29.6 Å². The van der Waals surface area contributed by atoms with Crippen molar-refractivity contribution in [1.82, 2.24) is 0 Å². The number of hydrogen-bond donors (Lipinski definition) is 0. The van der Waals surface area contributed by atoms with Crippen molar-refractivity contribution in [1.29, 1.82) is 0 Å². The molecule has 10 nitrogen and oxygen atoms in total. The predicted molar refractivity (Wildman–Crippen MR) is 231 cm³/mol. The zero-order chi connectivity index (χ0) is 42.9. The number of ether oxygens (including phenoxy) is 5. The van der Waals surface area contributed by atoms with Gasteiger partial charge in [-0.1, -0.05) is 64.0 Å². The first-order valence-corrected chi connectivity index (χ1v) is 22.6. The average molecular weight is 825 g/mol. The Morgan fingerprint density at radius 2 is 1.32 bits per heavy atom. The van der Waals surface area contributed by atoms with Crippen LogP contribution in [-0.4, -0.2) is 95.5 Å². The fraction of sp³-hybridized carbons (Fsp3) is 0.735. The van der Waals surface area contributed by atoms with Crippen LogP contribution in [0, 0.1) is 29.6 Å². The Hall–Kier alpha value is -2.89. The van der Waals surface area contributed by atoms with E-state index in [1.54, 1.807) is 7.11 Å². The summed E-state index contributed by atoms with van der Waals surface area (Å²) in [5.41, 5.74) is 1.85. The van der Waals surface area contributed by atoms with E-state index in [1.165, 1.54) is 5.56 Å². The number of allylic oxidation sites excluding steroid dienone is 1. The molecule has 2 fully saturated rings. The second kappa shape index (κ2) is 28.6. The van der Waals surface area contributed by atoms with Crippen LogP contribution in [0.2, 0.25) is 0 Å². The normalized spacial score (nSPS) is 19.5. The molecule has 0 spiro atoms. The van der Waals surface area contributed by atoms with E-state index in [2.05, 4.69) is 27.4 Å². The molecule has 3 rings (SSSR count). The SMILES string of the molecule is C=CCCCC(COC)CC(=O)COCC(=O)CCCCOCCOCCOCCCCC(=O)CCCCC1CCC2C(C(=O)c3ccc(C(C)(C)C)cc3)C(=O)CC12. The molecule has 1 aromatic carbocycles. The zero-order valence-electron chi connectivity index (χ0n) is 36.9. The lowest BCUT2D eigenvalue weighted by Crippen LogP contribution is -2.25. The van der Waals surface area contributed by atoms with Gasteiger partial charge in [0.1, 0.15) is 24.8 Å². The van der Waals surface area contributed by atoms with Crippen molar-refractivity contribution in [2.75, 3.05) is 66.6 Å². The molecule has 0 aromatic heterocycles. The van der Waals surface area contributed by atoms with E-state index in [0.717, 1.165) is 70.6 Å². The predicted octanol–water partition coefficient (Wildman–Crippen LogP) is 9.08. The van der Waals surface area contributed by atoms with Gasteiger partial charge in [0.2, 0.25) is 0 Å². The minimum absolute atomic E-state index is 0.000974. The number of unbranched alkanes of at least 4 members (excludes halogenated alkanes) is 4. The first-order valence-electron chi connectivity index (χ1n) is 22.6.